The molecule has 9 nitrogen and oxygen atoms in total. The molecule has 174 valence electrons. The molecule has 0 aliphatic rings. The zero-order valence-corrected chi connectivity index (χ0v) is 19.2. The first-order valence-electron chi connectivity index (χ1n) is 10.3. The topological polar surface area (TPSA) is 142 Å². The molecule has 10 heteroatoms. The number of nitro benzene ring substituents is 1. The summed E-state index contributed by atoms with van der Waals surface area (Å²) in [7, 11) is 0. The average molecular weight is 487 g/mol. The molecule has 0 aliphatic heterocycles. The van der Waals surface area contributed by atoms with Crippen LogP contribution < -0.4 is 0 Å². The Bertz CT molecular complexity index is 1470. The predicted molar refractivity (Wildman–Crippen MR) is 130 cm³/mol. The number of carbonyl (C=O) groups is 1. The van der Waals surface area contributed by atoms with Gasteiger partial charge < -0.3 is 14.8 Å². The third kappa shape index (κ3) is 5.31. The number of nitrogens with one attached hydrogen (secondary N) is 1. The van der Waals surface area contributed by atoms with Crippen LogP contribution >= 0.6 is 11.8 Å². The number of nitriles is 1. The van der Waals surface area contributed by atoms with Gasteiger partial charge in [-0.2, -0.15) is 5.26 Å². The maximum atomic E-state index is 12.5. The lowest BCUT2D eigenvalue weighted by Crippen LogP contribution is -2.10. The third-order valence-electron chi connectivity index (χ3n) is 5.01. The smallest absolute Gasteiger partial charge is 0.338 e. The number of H-pyrrole nitrogens is 1. The number of aliphatic hydroxyl groups excluding tert-OH is 1. The molecule has 0 saturated carbocycles. The second kappa shape index (κ2) is 10.1. The fraction of sp³-hybridized carbons (Fsp3) is 0.0800. The number of nitro groups is 1. The molecule has 0 aliphatic carbocycles. The summed E-state index contributed by atoms with van der Waals surface area (Å²) in [6, 6.07) is 20.5. The molecule has 0 saturated heterocycles. The van der Waals surface area contributed by atoms with Crippen LogP contribution in [0.25, 0.3) is 16.6 Å². The summed E-state index contributed by atoms with van der Waals surface area (Å²) in [4.78, 5) is 31.9. The minimum atomic E-state index is -0.881. The number of benzene rings is 3. The Labute approximate surface area is 203 Å². The molecule has 0 fully saturated rings. The average Bonchev–Trinajstić information content (AvgIpc) is 3.28. The number of fused-ring (bicyclic) bond motifs is 1. The van der Waals surface area contributed by atoms with Gasteiger partial charge >= 0.3 is 5.97 Å². The minimum absolute atomic E-state index is 0.0556. The highest BCUT2D eigenvalue weighted by Gasteiger charge is 2.20. The molecule has 4 aromatic rings. The fourth-order valence-electron chi connectivity index (χ4n) is 3.22. The molecule has 1 aromatic heterocycles. The molecule has 0 unspecified atom stereocenters. The van der Waals surface area contributed by atoms with Crippen molar-refractivity contribution in [3.63, 3.8) is 0 Å². The van der Waals surface area contributed by atoms with Crippen molar-refractivity contribution in [2.24, 2.45) is 0 Å². The monoisotopic (exact) mass is 486 g/mol. The lowest BCUT2D eigenvalue weighted by Gasteiger charge is -2.08. The van der Waals surface area contributed by atoms with E-state index in [4.69, 9.17) is 4.74 Å². The summed E-state index contributed by atoms with van der Waals surface area (Å²) in [6.07, 6.45) is 0. The highest BCUT2D eigenvalue weighted by molar-refractivity contribution is 7.99. The normalized spacial score (nSPS) is 11.5. The number of aryl methyl sites for hydroxylation is 1. The lowest BCUT2D eigenvalue weighted by atomic mass is 10.2. The van der Waals surface area contributed by atoms with Crippen LogP contribution in [0, 0.1) is 28.4 Å². The van der Waals surface area contributed by atoms with Gasteiger partial charge in [0.05, 0.1) is 26.4 Å². The van der Waals surface area contributed by atoms with E-state index in [2.05, 4.69) is 9.97 Å². The van der Waals surface area contributed by atoms with Crippen LogP contribution in [0.3, 0.4) is 0 Å². The fourth-order valence-corrected chi connectivity index (χ4v) is 4.12. The quantitative estimate of drug-likeness (QED) is 0.113. The van der Waals surface area contributed by atoms with Gasteiger partial charge in [-0.3, -0.25) is 10.1 Å². The first kappa shape index (κ1) is 23.5. The zero-order chi connectivity index (χ0) is 24.9. The summed E-state index contributed by atoms with van der Waals surface area (Å²) in [5.41, 5.74) is 1.88. The second-order valence-corrected chi connectivity index (χ2v) is 8.58. The van der Waals surface area contributed by atoms with E-state index in [1.165, 1.54) is 23.9 Å². The Hall–Kier alpha value is -4.62. The summed E-state index contributed by atoms with van der Waals surface area (Å²) in [5, 5.41) is 31.5. The van der Waals surface area contributed by atoms with Crippen LogP contribution in [-0.2, 0) is 4.74 Å². The van der Waals surface area contributed by atoms with E-state index in [1.54, 1.807) is 24.3 Å². The number of ether oxygens (including phenoxy) is 1. The van der Waals surface area contributed by atoms with E-state index in [9.17, 15) is 25.3 Å². The number of esters is 1. The molecular weight excluding hydrogens is 468 g/mol. The molecule has 1 heterocycles. The maximum absolute atomic E-state index is 12.5. The van der Waals surface area contributed by atoms with Crippen LogP contribution in [0.15, 0.2) is 82.3 Å². The third-order valence-corrected chi connectivity index (χ3v) is 6.08. The molecule has 4 rings (SSSR count). The highest BCUT2D eigenvalue weighted by atomic mass is 32.2. The van der Waals surface area contributed by atoms with Crippen LogP contribution in [0.5, 0.6) is 0 Å². The van der Waals surface area contributed by atoms with E-state index in [-0.39, 0.29) is 22.6 Å². The number of para-hydroxylation sites is 2. The zero-order valence-electron chi connectivity index (χ0n) is 18.4. The molecular formula is C25H18N4O5S. The van der Waals surface area contributed by atoms with Crippen molar-refractivity contribution in [2.75, 3.05) is 6.61 Å². The Balaban J connectivity index is 1.51. The van der Waals surface area contributed by atoms with E-state index in [1.807, 2.05) is 37.3 Å². The lowest BCUT2D eigenvalue weighted by molar-refractivity contribution is -0.387. The number of aromatic nitrogens is 2. The first-order chi connectivity index (χ1) is 16.9. The maximum Gasteiger partial charge on any atom is 0.338 e. The van der Waals surface area contributed by atoms with Gasteiger partial charge in [-0.1, -0.05) is 41.6 Å². The number of hydrogen-bond donors (Lipinski definition) is 2. The highest BCUT2D eigenvalue weighted by Crippen LogP contribution is 2.35. The van der Waals surface area contributed by atoms with Crippen molar-refractivity contribution in [3.05, 3.63) is 99.6 Å². The minimum Gasteiger partial charge on any atom is -0.507 e. The largest absolute Gasteiger partial charge is 0.507 e. The molecule has 0 spiro atoms. The number of hydrogen-bond acceptors (Lipinski definition) is 8. The number of aliphatic hydroxyl groups is 1. The standard InChI is InChI=1S/C25H18N4O5S/c1-15-6-9-17(10-7-15)35-23-11-8-16(12-21(23)29(32)33)25(31)34-14-22(30)18(13-26)24-27-19-4-2-3-5-20(19)28-24/h2-12,30H,14H2,1H3,(H,27,28)/b22-18-. The molecule has 2 N–H and O–H groups in total. The summed E-state index contributed by atoms with van der Waals surface area (Å²) >= 11 is 1.21. The van der Waals surface area contributed by atoms with Gasteiger partial charge in [-0.15, -0.1) is 0 Å². The van der Waals surface area contributed by atoms with Crippen molar-refractivity contribution in [2.45, 2.75) is 16.7 Å². The Morgan fingerprint density at radius 1 is 1.20 bits per heavy atom. The number of nitrogens with zero attached hydrogens (tertiary/aromatic N) is 3. The molecule has 0 amide bonds. The molecule has 0 bridgehead atoms. The van der Waals surface area contributed by atoms with Gasteiger partial charge in [0, 0.05) is 11.0 Å². The summed E-state index contributed by atoms with van der Waals surface area (Å²) < 4.78 is 5.11. The number of carbonyl (C=O) groups excluding carboxylic acids is 1. The SMILES string of the molecule is Cc1ccc(Sc2ccc(C(=O)OC/C(O)=C(\C#N)c3nc4ccccc4[nH]3)cc2[N+](=O)[O-])cc1. The Morgan fingerprint density at radius 3 is 2.63 bits per heavy atom. The molecule has 35 heavy (non-hydrogen) atoms. The van der Waals surface area contributed by atoms with Crippen molar-refractivity contribution in [3.8, 4) is 6.07 Å². The predicted octanol–water partition coefficient (Wildman–Crippen LogP) is 5.58. The molecule has 0 atom stereocenters. The van der Waals surface area contributed by atoms with E-state index in [0.717, 1.165) is 16.5 Å². The van der Waals surface area contributed by atoms with Crippen LogP contribution in [0.4, 0.5) is 5.69 Å². The number of aromatic amines is 1. The molecule has 0 radical (unpaired) electrons. The van der Waals surface area contributed by atoms with Gasteiger partial charge in [0.15, 0.2) is 11.6 Å². The van der Waals surface area contributed by atoms with E-state index in [0.29, 0.717) is 15.9 Å². The van der Waals surface area contributed by atoms with Gasteiger partial charge in [0.25, 0.3) is 5.69 Å². The van der Waals surface area contributed by atoms with Gasteiger partial charge in [0.1, 0.15) is 18.2 Å². The van der Waals surface area contributed by atoms with Crippen LogP contribution in [-0.4, -0.2) is 32.6 Å². The van der Waals surface area contributed by atoms with Gasteiger partial charge in [-0.05, 0) is 43.3 Å². The summed E-state index contributed by atoms with van der Waals surface area (Å²) in [6.45, 7) is 1.34. The van der Waals surface area contributed by atoms with Crippen molar-refractivity contribution in [1.82, 2.24) is 9.97 Å². The van der Waals surface area contributed by atoms with Crippen LogP contribution in [0.2, 0.25) is 0 Å². The number of allylic oxidation sites excluding steroid dienone is 1. The number of imidazole rings is 1. The van der Waals surface area contributed by atoms with Crippen molar-refractivity contribution < 1.29 is 19.6 Å². The van der Waals surface area contributed by atoms with Gasteiger partial charge in [0.2, 0.25) is 0 Å². The Morgan fingerprint density at radius 2 is 1.94 bits per heavy atom. The van der Waals surface area contributed by atoms with Crippen molar-refractivity contribution in [1.29, 1.82) is 5.26 Å². The van der Waals surface area contributed by atoms with E-state index >= 15 is 0 Å². The first-order valence-corrected chi connectivity index (χ1v) is 11.1. The Kier molecular flexibility index (Phi) is 6.80. The van der Waals surface area contributed by atoms with E-state index < -0.39 is 23.3 Å². The van der Waals surface area contributed by atoms with Crippen LogP contribution in [0.1, 0.15) is 21.7 Å². The van der Waals surface area contributed by atoms with Crippen molar-refractivity contribution >= 4 is 40.0 Å². The molecule has 3 aromatic carbocycles. The second-order valence-electron chi connectivity index (χ2n) is 7.47. The number of rotatable bonds is 7. The summed E-state index contributed by atoms with van der Waals surface area (Å²) in [5.74, 6) is -1.25. The van der Waals surface area contributed by atoms with Gasteiger partial charge in [-0.25, -0.2) is 9.78 Å².